The van der Waals surface area contributed by atoms with E-state index in [4.69, 9.17) is 14.2 Å². The van der Waals surface area contributed by atoms with E-state index in [-0.39, 0.29) is 17.2 Å². The Labute approximate surface area is 128 Å². The van der Waals surface area contributed by atoms with Gasteiger partial charge in [0.25, 0.3) is 0 Å². The van der Waals surface area contributed by atoms with Crippen LogP contribution in [0.25, 0.3) is 0 Å². The second-order valence-electron chi connectivity index (χ2n) is 4.40. The molecule has 0 unspecified atom stereocenters. The first-order valence-corrected chi connectivity index (χ1v) is 6.42. The van der Waals surface area contributed by atoms with Gasteiger partial charge in [0, 0.05) is 17.2 Å². The van der Waals surface area contributed by atoms with Crippen LogP contribution in [0.2, 0.25) is 0 Å². The molecule has 0 saturated carbocycles. The zero-order chi connectivity index (χ0) is 16.1. The Balaban J connectivity index is 2.40. The topological polar surface area (TPSA) is 68.2 Å². The Morgan fingerprint density at radius 2 is 1.45 bits per heavy atom. The van der Waals surface area contributed by atoms with E-state index in [0.717, 1.165) is 0 Å². The maximum Gasteiger partial charge on any atom is 0.203 e. The normalized spacial score (nSPS) is 9.59. The summed E-state index contributed by atoms with van der Waals surface area (Å²) >= 11 is 0. The highest BCUT2D eigenvalue weighted by Gasteiger charge is 2.10. The molecular weight excluding hydrogens is 284 g/mol. The largest absolute Gasteiger partial charge is 0.508 e. The molecule has 0 fully saturated rings. The first kappa shape index (κ1) is 15.4. The smallest absolute Gasteiger partial charge is 0.203 e. The Kier molecular flexibility index (Phi) is 4.64. The molecule has 2 rings (SSSR count). The number of phenolic OH excluding ortho intramolecular Hbond substituents is 2. The molecular formula is C17H16O5. The van der Waals surface area contributed by atoms with Crippen LogP contribution in [0.1, 0.15) is 11.1 Å². The number of methoxy groups -OCH3 is 3. The minimum atomic E-state index is -0.0559. The number of benzene rings is 2. The van der Waals surface area contributed by atoms with Crippen molar-refractivity contribution in [1.29, 1.82) is 0 Å². The monoisotopic (exact) mass is 300 g/mol. The molecule has 0 amide bonds. The summed E-state index contributed by atoms with van der Waals surface area (Å²) in [6.45, 7) is 0. The van der Waals surface area contributed by atoms with E-state index >= 15 is 0 Å². The number of ether oxygens (including phenoxy) is 3. The van der Waals surface area contributed by atoms with Gasteiger partial charge in [-0.05, 0) is 24.3 Å². The molecule has 5 nitrogen and oxygen atoms in total. The SMILES string of the molecule is COc1cc(O)cc(C#Cc2cc(O)c(OC)c(OC)c2)c1. The molecule has 0 heterocycles. The van der Waals surface area contributed by atoms with E-state index in [0.29, 0.717) is 22.6 Å². The molecule has 0 atom stereocenters. The van der Waals surface area contributed by atoms with Crippen LogP contribution in [-0.4, -0.2) is 31.5 Å². The molecule has 0 aliphatic heterocycles. The summed E-state index contributed by atoms with van der Waals surface area (Å²) in [6.07, 6.45) is 0. The summed E-state index contributed by atoms with van der Waals surface area (Å²) in [5, 5.41) is 19.5. The predicted octanol–water partition coefficient (Wildman–Crippen LogP) is 2.52. The van der Waals surface area contributed by atoms with Gasteiger partial charge in [0.15, 0.2) is 11.5 Å². The molecule has 0 aromatic heterocycles. The van der Waals surface area contributed by atoms with Crippen molar-refractivity contribution < 1.29 is 24.4 Å². The van der Waals surface area contributed by atoms with Gasteiger partial charge >= 0.3 is 0 Å². The molecule has 0 saturated heterocycles. The number of hydrogen-bond acceptors (Lipinski definition) is 5. The zero-order valence-electron chi connectivity index (χ0n) is 12.5. The third kappa shape index (κ3) is 3.36. The fourth-order valence-corrected chi connectivity index (χ4v) is 1.93. The third-order valence-corrected chi connectivity index (χ3v) is 2.94. The van der Waals surface area contributed by atoms with Crippen molar-refractivity contribution in [3.8, 4) is 40.6 Å². The number of aromatic hydroxyl groups is 2. The highest BCUT2D eigenvalue weighted by atomic mass is 16.5. The summed E-state index contributed by atoms with van der Waals surface area (Å²) < 4.78 is 15.3. The first-order chi connectivity index (χ1) is 10.6. The van der Waals surface area contributed by atoms with E-state index in [1.54, 1.807) is 12.1 Å². The molecule has 22 heavy (non-hydrogen) atoms. The van der Waals surface area contributed by atoms with Gasteiger partial charge in [-0.1, -0.05) is 11.8 Å². The van der Waals surface area contributed by atoms with Gasteiger partial charge in [0.1, 0.15) is 11.5 Å². The fourth-order valence-electron chi connectivity index (χ4n) is 1.93. The quantitative estimate of drug-likeness (QED) is 0.853. The summed E-state index contributed by atoms with van der Waals surface area (Å²) in [4.78, 5) is 0. The lowest BCUT2D eigenvalue weighted by molar-refractivity contribution is 0.333. The van der Waals surface area contributed by atoms with Gasteiger partial charge in [-0.25, -0.2) is 0 Å². The molecule has 114 valence electrons. The van der Waals surface area contributed by atoms with Crippen LogP contribution < -0.4 is 14.2 Å². The second-order valence-corrected chi connectivity index (χ2v) is 4.40. The first-order valence-electron chi connectivity index (χ1n) is 6.42. The van der Waals surface area contributed by atoms with Crippen LogP contribution in [0.5, 0.6) is 28.7 Å². The van der Waals surface area contributed by atoms with Crippen molar-refractivity contribution in [2.75, 3.05) is 21.3 Å². The van der Waals surface area contributed by atoms with Gasteiger partial charge in [-0.2, -0.15) is 0 Å². The zero-order valence-corrected chi connectivity index (χ0v) is 12.5. The lowest BCUT2D eigenvalue weighted by Gasteiger charge is -2.09. The molecule has 0 bridgehead atoms. The van der Waals surface area contributed by atoms with Crippen molar-refractivity contribution >= 4 is 0 Å². The number of hydrogen-bond donors (Lipinski definition) is 2. The lowest BCUT2D eigenvalue weighted by atomic mass is 10.1. The van der Waals surface area contributed by atoms with Crippen LogP contribution in [0.15, 0.2) is 30.3 Å². The predicted molar refractivity (Wildman–Crippen MR) is 81.8 cm³/mol. The molecule has 2 aromatic rings. The standard InChI is InChI=1S/C17H16O5/c1-20-14-7-11(6-13(18)10-14)4-5-12-8-15(19)17(22-3)16(9-12)21-2/h6-10,18-19H,1-3H3. The molecule has 2 aromatic carbocycles. The minimum absolute atomic E-state index is 0.0559. The number of phenols is 2. The minimum Gasteiger partial charge on any atom is -0.508 e. The summed E-state index contributed by atoms with van der Waals surface area (Å²) in [5.74, 6) is 6.96. The van der Waals surface area contributed by atoms with Crippen molar-refractivity contribution in [3.63, 3.8) is 0 Å². The molecule has 5 heteroatoms. The van der Waals surface area contributed by atoms with Crippen molar-refractivity contribution in [1.82, 2.24) is 0 Å². The Morgan fingerprint density at radius 1 is 0.773 bits per heavy atom. The molecule has 2 N–H and O–H groups in total. The fraction of sp³-hybridized carbons (Fsp3) is 0.176. The van der Waals surface area contributed by atoms with Crippen LogP contribution in [0.3, 0.4) is 0 Å². The van der Waals surface area contributed by atoms with Gasteiger partial charge in [0.2, 0.25) is 5.75 Å². The average molecular weight is 300 g/mol. The van der Waals surface area contributed by atoms with Gasteiger partial charge < -0.3 is 24.4 Å². The van der Waals surface area contributed by atoms with Crippen molar-refractivity contribution in [2.45, 2.75) is 0 Å². The maximum atomic E-state index is 9.89. The Hall–Kier alpha value is -3.00. The van der Waals surface area contributed by atoms with Crippen LogP contribution >= 0.6 is 0 Å². The van der Waals surface area contributed by atoms with Gasteiger partial charge in [-0.15, -0.1) is 0 Å². The average Bonchev–Trinajstić information content (AvgIpc) is 2.51. The van der Waals surface area contributed by atoms with E-state index < -0.39 is 0 Å². The molecule has 0 aliphatic rings. The van der Waals surface area contributed by atoms with Crippen molar-refractivity contribution in [2.24, 2.45) is 0 Å². The van der Waals surface area contributed by atoms with E-state index in [9.17, 15) is 10.2 Å². The summed E-state index contributed by atoms with van der Waals surface area (Å²) in [5.41, 5.74) is 1.14. The summed E-state index contributed by atoms with van der Waals surface area (Å²) in [7, 11) is 4.44. The molecule has 0 aliphatic carbocycles. The maximum absolute atomic E-state index is 9.89. The van der Waals surface area contributed by atoms with Crippen LogP contribution in [0.4, 0.5) is 0 Å². The highest BCUT2D eigenvalue weighted by molar-refractivity contribution is 5.58. The van der Waals surface area contributed by atoms with Crippen LogP contribution in [0, 0.1) is 11.8 Å². The molecule has 0 radical (unpaired) electrons. The van der Waals surface area contributed by atoms with E-state index in [2.05, 4.69) is 11.8 Å². The van der Waals surface area contributed by atoms with Crippen LogP contribution in [-0.2, 0) is 0 Å². The third-order valence-electron chi connectivity index (χ3n) is 2.94. The Morgan fingerprint density at radius 3 is 2.05 bits per heavy atom. The van der Waals surface area contributed by atoms with E-state index in [1.165, 1.54) is 39.5 Å². The van der Waals surface area contributed by atoms with E-state index in [1.807, 2.05) is 0 Å². The van der Waals surface area contributed by atoms with Gasteiger partial charge in [-0.3, -0.25) is 0 Å². The highest BCUT2D eigenvalue weighted by Crippen LogP contribution is 2.37. The van der Waals surface area contributed by atoms with Crippen molar-refractivity contribution in [3.05, 3.63) is 41.5 Å². The second kappa shape index (κ2) is 6.64. The Bertz CT molecular complexity index is 741. The van der Waals surface area contributed by atoms with Gasteiger partial charge in [0.05, 0.1) is 21.3 Å². The molecule has 0 spiro atoms. The lowest BCUT2D eigenvalue weighted by Crippen LogP contribution is -1.92. The number of rotatable bonds is 3. The summed E-state index contributed by atoms with van der Waals surface area (Å²) in [6, 6.07) is 7.86.